The molecule has 2 heterocycles. The van der Waals surface area contributed by atoms with E-state index in [-0.39, 0.29) is 24.1 Å². The Morgan fingerprint density at radius 2 is 1.88 bits per heavy atom. The summed E-state index contributed by atoms with van der Waals surface area (Å²) in [6, 6.07) is 14.0. The predicted octanol–water partition coefficient (Wildman–Crippen LogP) is 4.09. The number of halogens is 1. The van der Waals surface area contributed by atoms with Crippen molar-refractivity contribution in [3.05, 3.63) is 70.9 Å². The van der Waals surface area contributed by atoms with Crippen LogP contribution in [0.2, 0.25) is 0 Å². The lowest BCUT2D eigenvalue weighted by Gasteiger charge is -2.02. The van der Waals surface area contributed by atoms with Crippen LogP contribution in [0.1, 0.15) is 11.1 Å². The molecule has 0 saturated carbocycles. The first-order valence-corrected chi connectivity index (χ1v) is 8.92. The van der Waals surface area contributed by atoms with Crippen molar-refractivity contribution >= 4 is 28.2 Å². The van der Waals surface area contributed by atoms with Crippen molar-refractivity contribution in [2.24, 2.45) is 0 Å². The predicted molar refractivity (Wildman–Crippen MR) is 99.8 cm³/mol. The molecule has 0 atom stereocenters. The number of fused-ring (bicyclic) bond motifs is 1. The van der Waals surface area contributed by atoms with Gasteiger partial charge in [-0.1, -0.05) is 42.0 Å². The van der Waals surface area contributed by atoms with Crippen LogP contribution in [0.4, 0.5) is 10.3 Å². The van der Waals surface area contributed by atoms with Crippen molar-refractivity contribution in [2.45, 2.75) is 13.3 Å². The van der Waals surface area contributed by atoms with Crippen molar-refractivity contribution < 1.29 is 9.18 Å². The third kappa shape index (κ3) is 3.34. The van der Waals surface area contributed by atoms with Crippen molar-refractivity contribution in [2.75, 3.05) is 5.32 Å². The van der Waals surface area contributed by atoms with Gasteiger partial charge in [0.1, 0.15) is 5.82 Å². The van der Waals surface area contributed by atoms with Gasteiger partial charge in [-0.25, -0.2) is 8.91 Å². The zero-order valence-corrected chi connectivity index (χ0v) is 14.8. The minimum Gasteiger partial charge on any atom is -0.293 e. The number of rotatable bonds is 4. The lowest BCUT2D eigenvalue weighted by Crippen LogP contribution is -2.15. The highest BCUT2D eigenvalue weighted by atomic mass is 32.1. The second-order valence-electron chi connectivity index (χ2n) is 5.97. The fraction of sp³-hybridized carbons (Fsp3) is 0.105. The number of anilines is 1. The van der Waals surface area contributed by atoms with Crippen LogP contribution in [0.25, 0.3) is 16.2 Å². The minimum absolute atomic E-state index is 0.137. The van der Waals surface area contributed by atoms with Gasteiger partial charge < -0.3 is 0 Å². The Morgan fingerprint density at radius 3 is 2.62 bits per heavy atom. The van der Waals surface area contributed by atoms with Crippen LogP contribution in [-0.4, -0.2) is 20.5 Å². The number of carbonyl (C=O) groups excluding carboxylic acids is 1. The molecule has 0 radical (unpaired) electrons. The Bertz CT molecular complexity index is 1070. The molecule has 2 aromatic heterocycles. The summed E-state index contributed by atoms with van der Waals surface area (Å²) in [7, 11) is 0. The monoisotopic (exact) mass is 366 g/mol. The number of hydrogen-bond donors (Lipinski definition) is 1. The Kier molecular flexibility index (Phi) is 4.22. The Hall–Kier alpha value is -3.06. The first kappa shape index (κ1) is 16.4. The number of aryl methyl sites for hydroxylation is 1. The fourth-order valence-corrected chi connectivity index (χ4v) is 3.44. The summed E-state index contributed by atoms with van der Waals surface area (Å²) in [5.41, 5.74) is 3.88. The standard InChI is InChI=1S/C19H15FN4OS/c1-12-2-6-14(7-3-12)16-11-26-19-22-18(23-24(16)19)21-17(25)10-13-4-8-15(20)9-5-13/h2-9,11H,10H2,1H3,(H,21,23,25). The third-order valence-electron chi connectivity index (χ3n) is 3.96. The van der Waals surface area contributed by atoms with E-state index < -0.39 is 0 Å². The van der Waals surface area contributed by atoms with Gasteiger partial charge in [-0.3, -0.25) is 10.1 Å². The van der Waals surface area contributed by atoms with E-state index in [4.69, 9.17) is 0 Å². The summed E-state index contributed by atoms with van der Waals surface area (Å²) in [6.07, 6.45) is 0.137. The van der Waals surface area contributed by atoms with Crippen LogP contribution in [0.15, 0.2) is 53.9 Å². The Balaban J connectivity index is 1.53. The molecule has 0 unspecified atom stereocenters. The number of benzene rings is 2. The van der Waals surface area contributed by atoms with Gasteiger partial charge in [0.05, 0.1) is 12.1 Å². The van der Waals surface area contributed by atoms with E-state index in [2.05, 4.69) is 15.4 Å². The van der Waals surface area contributed by atoms with Crippen LogP contribution >= 0.6 is 11.3 Å². The molecule has 0 saturated heterocycles. The van der Waals surface area contributed by atoms with Crippen molar-refractivity contribution in [3.63, 3.8) is 0 Å². The van der Waals surface area contributed by atoms with Gasteiger partial charge in [0.25, 0.3) is 0 Å². The zero-order chi connectivity index (χ0) is 18.1. The van der Waals surface area contributed by atoms with E-state index in [0.717, 1.165) is 16.8 Å². The lowest BCUT2D eigenvalue weighted by molar-refractivity contribution is -0.115. The molecule has 4 rings (SSSR count). The molecule has 1 N–H and O–H groups in total. The molecule has 26 heavy (non-hydrogen) atoms. The number of aromatic nitrogens is 3. The smallest absolute Gasteiger partial charge is 0.250 e. The number of nitrogens with zero attached hydrogens (tertiary/aromatic N) is 3. The molecule has 4 aromatic rings. The molecule has 0 fully saturated rings. The number of thiazole rings is 1. The van der Waals surface area contributed by atoms with Crippen molar-refractivity contribution in [3.8, 4) is 11.3 Å². The van der Waals surface area contributed by atoms with Crippen LogP contribution in [0, 0.1) is 12.7 Å². The van der Waals surface area contributed by atoms with Crippen LogP contribution in [0.5, 0.6) is 0 Å². The van der Waals surface area contributed by atoms with Gasteiger partial charge in [0, 0.05) is 10.9 Å². The summed E-state index contributed by atoms with van der Waals surface area (Å²) in [6.45, 7) is 2.04. The van der Waals surface area contributed by atoms with E-state index in [0.29, 0.717) is 4.96 Å². The third-order valence-corrected chi connectivity index (χ3v) is 4.77. The molecule has 5 nitrogen and oxygen atoms in total. The minimum atomic E-state index is -0.325. The number of nitrogens with one attached hydrogen (secondary N) is 1. The summed E-state index contributed by atoms with van der Waals surface area (Å²) >= 11 is 1.46. The highest BCUT2D eigenvalue weighted by Gasteiger charge is 2.13. The topological polar surface area (TPSA) is 59.3 Å². The number of carbonyl (C=O) groups is 1. The molecule has 0 bridgehead atoms. The SMILES string of the molecule is Cc1ccc(-c2csc3nc(NC(=O)Cc4ccc(F)cc4)nn23)cc1. The van der Waals surface area contributed by atoms with E-state index >= 15 is 0 Å². The summed E-state index contributed by atoms with van der Waals surface area (Å²) in [5.74, 6) is -0.308. The quantitative estimate of drug-likeness (QED) is 0.592. The molecule has 0 aliphatic carbocycles. The lowest BCUT2D eigenvalue weighted by atomic mass is 10.1. The second-order valence-corrected chi connectivity index (χ2v) is 6.80. The van der Waals surface area contributed by atoms with Gasteiger partial charge in [-0.05, 0) is 24.6 Å². The molecule has 7 heteroatoms. The van der Waals surface area contributed by atoms with Gasteiger partial charge in [-0.15, -0.1) is 16.4 Å². The Labute approximate surface area is 153 Å². The molecule has 2 aromatic carbocycles. The van der Waals surface area contributed by atoms with E-state index in [9.17, 15) is 9.18 Å². The Morgan fingerprint density at radius 1 is 1.15 bits per heavy atom. The maximum absolute atomic E-state index is 12.9. The maximum Gasteiger partial charge on any atom is 0.250 e. The average molecular weight is 366 g/mol. The second kappa shape index (κ2) is 6.68. The first-order chi connectivity index (χ1) is 12.6. The van der Waals surface area contributed by atoms with E-state index in [1.165, 1.54) is 29.0 Å². The van der Waals surface area contributed by atoms with Gasteiger partial charge >= 0.3 is 0 Å². The van der Waals surface area contributed by atoms with Gasteiger partial charge in [0.2, 0.25) is 16.8 Å². The average Bonchev–Trinajstić information content (AvgIpc) is 3.18. The normalized spacial score (nSPS) is 11.0. The van der Waals surface area contributed by atoms with Crippen LogP contribution in [-0.2, 0) is 11.2 Å². The van der Waals surface area contributed by atoms with E-state index in [1.807, 2.05) is 36.6 Å². The molecule has 0 spiro atoms. The maximum atomic E-state index is 12.9. The molecule has 0 aliphatic rings. The van der Waals surface area contributed by atoms with Gasteiger partial charge in [-0.2, -0.15) is 4.98 Å². The fourth-order valence-electron chi connectivity index (χ4n) is 2.61. The molecular weight excluding hydrogens is 351 g/mol. The van der Waals surface area contributed by atoms with Crippen LogP contribution < -0.4 is 5.32 Å². The first-order valence-electron chi connectivity index (χ1n) is 8.04. The zero-order valence-electron chi connectivity index (χ0n) is 13.9. The molecule has 1 amide bonds. The summed E-state index contributed by atoms with van der Waals surface area (Å²) in [5, 5.41) is 9.08. The summed E-state index contributed by atoms with van der Waals surface area (Å²) in [4.78, 5) is 17.2. The summed E-state index contributed by atoms with van der Waals surface area (Å²) < 4.78 is 14.7. The molecule has 0 aliphatic heterocycles. The molecule has 130 valence electrons. The largest absolute Gasteiger partial charge is 0.293 e. The highest BCUT2D eigenvalue weighted by molar-refractivity contribution is 7.15. The van der Waals surface area contributed by atoms with Gasteiger partial charge in [0.15, 0.2) is 0 Å². The van der Waals surface area contributed by atoms with Crippen molar-refractivity contribution in [1.82, 2.24) is 14.6 Å². The van der Waals surface area contributed by atoms with Crippen LogP contribution in [0.3, 0.4) is 0 Å². The number of hydrogen-bond acceptors (Lipinski definition) is 4. The highest BCUT2D eigenvalue weighted by Crippen LogP contribution is 2.26. The molecular formula is C19H15FN4OS. The number of amides is 1. The van der Waals surface area contributed by atoms with E-state index in [1.54, 1.807) is 16.6 Å². The van der Waals surface area contributed by atoms with Crippen molar-refractivity contribution in [1.29, 1.82) is 0 Å².